The largest absolute Gasteiger partial charge is 0.341 e. The molecule has 0 radical (unpaired) electrons. The number of nitro groups is 1. The van der Waals surface area contributed by atoms with E-state index in [1.807, 2.05) is 0 Å². The third kappa shape index (κ3) is 2.89. The van der Waals surface area contributed by atoms with Gasteiger partial charge in [-0.3, -0.25) is 24.3 Å². The molecule has 0 saturated carbocycles. The number of carbonyl (C=O) groups excluding carboxylic acids is 1. The molecule has 2 aromatic rings. The van der Waals surface area contributed by atoms with E-state index in [4.69, 9.17) is 11.6 Å². The van der Waals surface area contributed by atoms with Crippen molar-refractivity contribution in [2.75, 3.05) is 19.0 Å². The fraction of sp³-hybridized carbons (Fsp3) is 0.357. The van der Waals surface area contributed by atoms with E-state index in [1.165, 1.54) is 29.1 Å². The van der Waals surface area contributed by atoms with E-state index >= 15 is 0 Å². The van der Waals surface area contributed by atoms with Crippen molar-refractivity contribution in [2.45, 2.75) is 6.54 Å². The van der Waals surface area contributed by atoms with E-state index in [0.29, 0.717) is 30.5 Å². The lowest BCUT2D eigenvalue weighted by Gasteiger charge is -2.39. The van der Waals surface area contributed by atoms with E-state index in [0.717, 1.165) is 0 Å². The second kappa shape index (κ2) is 5.96. The number of hydrogen-bond donors (Lipinski definition) is 0. The van der Waals surface area contributed by atoms with Gasteiger partial charge >= 0.3 is 0 Å². The van der Waals surface area contributed by atoms with E-state index in [1.54, 1.807) is 4.90 Å². The highest BCUT2D eigenvalue weighted by atomic mass is 35.5. The van der Waals surface area contributed by atoms with Crippen LogP contribution < -0.4 is 5.56 Å². The molecular weight excluding hydrogens is 324 g/mol. The predicted octanol–water partition coefficient (Wildman–Crippen LogP) is 1.00. The van der Waals surface area contributed by atoms with Crippen molar-refractivity contribution in [2.24, 2.45) is 5.92 Å². The van der Waals surface area contributed by atoms with Crippen LogP contribution in [0.3, 0.4) is 0 Å². The summed E-state index contributed by atoms with van der Waals surface area (Å²) in [6, 6.07) is 3.99. The number of nitro benzene ring substituents is 1. The lowest BCUT2D eigenvalue weighted by atomic mass is 10.00. The minimum atomic E-state index is -0.524. The van der Waals surface area contributed by atoms with E-state index in [9.17, 15) is 19.7 Å². The van der Waals surface area contributed by atoms with Crippen molar-refractivity contribution in [3.8, 4) is 0 Å². The number of carbonyl (C=O) groups is 1. The third-order valence-corrected chi connectivity index (χ3v) is 4.13. The molecular formula is C14H13ClN4O4. The van der Waals surface area contributed by atoms with Crippen molar-refractivity contribution >= 4 is 34.1 Å². The number of rotatable bonds is 4. The summed E-state index contributed by atoms with van der Waals surface area (Å²) in [5, 5.41) is 11.1. The summed E-state index contributed by atoms with van der Waals surface area (Å²) in [6.45, 7) is 1.58. The van der Waals surface area contributed by atoms with Crippen molar-refractivity contribution < 1.29 is 9.72 Å². The lowest BCUT2D eigenvalue weighted by Crippen LogP contribution is -2.52. The number of halogens is 1. The molecule has 23 heavy (non-hydrogen) atoms. The molecule has 8 nitrogen and oxygen atoms in total. The van der Waals surface area contributed by atoms with Crippen LogP contribution in [0.2, 0.25) is 0 Å². The van der Waals surface area contributed by atoms with Gasteiger partial charge in [-0.2, -0.15) is 0 Å². The molecule has 1 aliphatic heterocycles. The molecule has 0 aliphatic carbocycles. The topological polar surface area (TPSA) is 98.3 Å². The van der Waals surface area contributed by atoms with Gasteiger partial charge in [0.25, 0.3) is 11.2 Å². The molecule has 0 spiro atoms. The summed E-state index contributed by atoms with van der Waals surface area (Å²) in [5.41, 5.74) is -0.0450. The van der Waals surface area contributed by atoms with Gasteiger partial charge in [0, 0.05) is 37.7 Å². The molecule has 1 aromatic heterocycles. The Hall–Kier alpha value is -2.48. The van der Waals surface area contributed by atoms with Crippen LogP contribution in [0, 0.1) is 16.0 Å². The number of amides is 1. The number of likely N-dealkylation sites (tertiary alicyclic amines) is 1. The van der Waals surface area contributed by atoms with Crippen LogP contribution in [-0.2, 0) is 11.3 Å². The van der Waals surface area contributed by atoms with E-state index in [-0.39, 0.29) is 29.0 Å². The summed E-state index contributed by atoms with van der Waals surface area (Å²) >= 11 is 5.49. The van der Waals surface area contributed by atoms with Gasteiger partial charge in [0.15, 0.2) is 0 Å². The molecule has 2 heterocycles. The van der Waals surface area contributed by atoms with E-state index in [2.05, 4.69) is 4.98 Å². The van der Waals surface area contributed by atoms with Gasteiger partial charge in [-0.1, -0.05) is 0 Å². The Kier molecular flexibility index (Phi) is 3.99. The van der Waals surface area contributed by atoms with Crippen LogP contribution in [-0.4, -0.2) is 44.3 Å². The minimum absolute atomic E-state index is 0.0387. The number of hydrogen-bond acceptors (Lipinski definition) is 5. The second-order valence-electron chi connectivity index (χ2n) is 5.46. The first kappa shape index (κ1) is 15.4. The van der Waals surface area contributed by atoms with Gasteiger partial charge in [0.2, 0.25) is 5.91 Å². The Labute approximate surface area is 135 Å². The van der Waals surface area contributed by atoms with Crippen LogP contribution in [0.1, 0.15) is 0 Å². The summed E-state index contributed by atoms with van der Waals surface area (Å²) in [6.07, 6.45) is 1.39. The lowest BCUT2D eigenvalue weighted by molar-refractivity contribution is -0.384. The fourth-order valence-corrected chi connectivity index (χ4v) is 2.81. The molecule has 1 amide bonds. The zero-order valence-electron chi connectivity index (χ0n) is 12.0. The van der Waals surface area contributed by atoms with Gasteiger partial charge in [-0.05, 0) is 6.07 Å². The van der Waals surface area contributed by atoms with Crippen LogP contribution >= 0.6 is 11.6 Å². The molecule has 1 aliphatic rings. The molecule has 1 saturated heterocycles. The monoisotopic (exact) mass is 336 g/mol. The van der Waals surface area contributed by atoms with Crippen LogP contribution in [0.5, 0.6) is 0 Å². The highest BCUT2D eigenvalue weighted by Gasteiger charge is 2.30. The first-order valence-electron chi connectivity index (χ1n) is 6.97. The maximum atomic E-state index is 12.4. The summed E-state index contributed by atoms with van der Waals surface area (Å²) in [5.74, 6) is 0.0274. The fourth-order valence-electron chi connectivity index (χ4n) is 2.64. The molecule has 120 valence electrons. The average molecular weight is 337 g/mol. The van der Waals surface area contributed by atoms with Crippen molar-refractivity contribution in [3.63, 3.8) is 0 Å². The number of aromatic nitrogens is 2. The molecule has 1 fully saturated rings. The molecule has 0 N–H and O–H groups in total. The third-order valence-electron chi connectivity index (χ3n) is 3.90. The second-order valence-corrected chi connectivity index (χ2v) is 5.73. The average Bonchev–Trinajstić information content (AvgIpc) is 2.51. The van der Waals surface area contributed by atoms with Crippen LogP contribution in [0.4, 0.5) is 5.69 Å². The number of benzene rings is 1. The van der Waals surface area contributed by atoms with Crippen molar-refractivity contribution in [1.82, 2.24) is 14.5 Å². The molecule has 0 unspecified atom stereocenters. The Morgan fingerprint density at radius 1 is 1.43 bits per heavy atom. The number of fused-ring (bicyclic) bond motifs is 1. The van der Waals surface area contributed by atoms with Crippen molar-refractivity contribution in [3.05, 3.63) is 45.0 Å². The quantitative estimate of drug-likeness (QED) is 0.471. The number of alkyl halides is 1. The molecule has 3 rings (SSSR count). The zero-order valence-corrected chi connectivity index (χ0v) is 12.8. The summed E-state index contributed by atoms with van der Waals surface area (Å²) in [4.78, 5) is 39.8. The minimum Gasteiger partial charge on any atom is -0.341 e. The van der Waals surface area contributed by atoms with Gasteiger partial charge < -0.3 is 4.90 Å². The Balaban J connectivity index is 1.79. The van der Waals surface area contributed by atoms with Crippen molar-refractivity contribution in [1.29, 1.82) is 0 Å². The van der Waals surface area contributed by atoms with Gasteiger partial charge in [0.1, 0.15) is 5.88 Å². The Bertz CT molecular complexity index is 844. The van der Waals surface area contributed by atoms with Crippen LogP contribution in [0.25, 0.3) is 10.9 Å². The highest BCUT2D eigenvalue weighted by Crippen LogP contribution is 2.19. The van der Waals surface area contributed by atoms with Gasteiger partial charge in [-0.25, -0.2) is 4.98 Å². The van der Waals surface area contributed by atoms with Gasteiger partial charge in [0.05, 0.1) is 22.2 Å². The number of nitrogens with zero attached hydrogens (tertiary/aromatic N) is 4. The highest BCUT2D eigenvalue weighted by molar-refractivity contribution is 6.27. The first-order chi connectivity index (χ1) is 11.0. The van der Waals surface area contributed by atoms with Crippen LogP contribution in [0.15, 0.2) is 29.3 Å². The summed E-state index contributed by atoms with van der Waals surface area (Å²) < 4.78 is 1.47. The van der Waals surface area contributed by atoms with Gasteiger partial charge in [-0.15, -0.1) is 11.6 Å². The predicted molar refractivity (Wildman–Crippen MR) is 83.4 cm³/mol. The smallest absolute Gasteiger partial charge is 0.271 e. The summed E-state index contributed by atoms with van der Waals surface area (Å²) in [7, 11) is 0. The first-order valence-corrected chi connectivity index (χ1v) is 7.50. The SMILES string of the molecule is O=C(CCl)N1CC(Cn2cnc3cc([N+](=O)[O-])ccc3c2=O)C1. The standard InChI is InChI=1S/C14H13ClN4O4/c15-4-13(20)17-5-9(6-17)7-18-8-16-12-3-10(19(22)23)1-2-11(12)14(18)21/h1-3,8-9H,4-7H2. The normalized spacial score (nSPS) is 14.7. The Morgan fingerprint density at radius 3 is 2.83 bits per heavy atom. The molecule has 1 aromatic carbocycles. The zero-order chi connectivity index (χ0) is 16.6. The molecule has 0 bridgehead atoms. The van der Waals surface area contributed by atoms with E-state index < -0.39 is 4.92 Å². The molecule has 9 heteroatoms. The maximum Gasteiger partial charge on any atom is 0.271 e. The Morgan fingerprint density at radius 2 is 2.17 bits per heavy atom. The maximum absolute atomic E-state index is 12.4. The molecule has 0 atom stereocenters. The number of non-ortho nitro benzene ring substituents is 1.